The smallest absolute Gasteiger partial charge is 0.442 e. The highest BCUT2D eigenvalue weighted by atomic mass is 32.2. The van der Waals surface area contributed by atoms with E-state index in [4.69, 9.17) is 9.47 Å². The molecule has 1 saturated carbocycles. The van der Waals surface area contributed by atoms with E-state index in [1.165, 1.54) is 0 Å². The molecule has 1 fully saturated rings. The molecule has 0 saturated heterocycles. The maximum absolute atomic E-state index is 12.2. The van der Waals surface area contributed by atoms with Gasteiger partial charge in [-0.3, -0.25) is 4.79 Å². The van der Waals surface area contributed by atoms with E-state index >= 15 is 0 Å². The van der Waals surface area contributed by atoms with Crippen LogP contribution >= 0.6 is 11.8 Å². The van der Waals surface area contributed by atoms with E-state index in [0.29, 0.717) is 18.0 Å². The molecule has 1 aliphatic carbocycles. The van der Waals surface area contributed by atoms with Gasteiger partial charge in [0.25, 0.3) is 0 Å². The van der Waals surface area contributed by atoms with E-state index in [1.54, 1.807) is 0 Å². The van der Waals surface area contributed by atoms with E-state index in [0.717, 1.165) is 37.7 Å². The topological polar surface area (TPSA) is 47.6 Å². The Balaban J connectivity index is 1.70. The van der Waals surface area contributed by atoms with Crippen LogP contribution in [0, 0.1) is 0 Å². The van der Waals surface area contributed by atoms with Crippen molar-refractivity contribution in [1.82, 2.24) is 5.32 Å². The van der Waals surface area contributed by atoms with Gasteiger partial charge in [0.1, 0.15) is 0 Å². The summed E-state index contributed by atoms with van der Waals surface area (Å²) < 4.78 is 47.5. The Morgan fingerprint density at radius 2 is 1.88 bits per heavy atom. The molecule has 25 heavy (non-hydrogen) atoms. The average Bonchev–Trinajstić information content (AvgIpc) is 3.06. The van der Waals surface area contributed by atoms with Crippen molar-refractivity contribution < 1.29 is 27.4 Å². The maximum atomic E-state index is 12.2. The molecule has 1 aliphatic heterocycles. The Morgan fingerprint density at radius 3 is 2.60 bits per heavy atom. The van der Waals surface area contributed by atoms with Gasteiger partial charge in [0.2, 0.25) is 12.7 Å². The molecule has 1 amide bonds. The van der Waals surface area contributed by atoms with Crippen molar-refractivity contribution in [3.05, 3.63) is 23.8 Å². The zero-order valence-electron chi connectivity index (χ0n) is 13.7. The lowest BCUT2D eigenvalue weighted by Crippen LogP contribution is -2.43. The number of hydrogen-bond donors (Lipinski definition) is 1. The van der Waals surface area contributed by atoms with E-state index in [2.05, 4.69) is 5.32 Å². The van der Waals surface area contributed by atoms with E-state index in [9.17, 15) is 18.0 Å². The molecule has 138 valence electrons. The molecule has 8 heteroatoms. The largest absolute Gasteiger partial charge is 0.454 e. The zero-order valence-corrected chi connectivity index (χ0v) is 14.5. The molecule has 3 rings (SSSR count). The molecule has 1 N–H and O–H groups in total. The molecule has 1 heterocycles. The highest BCUT2D eigenvalue weighted by Crippen LogP contribution is 2.43. The van der Waals surface area contributed by atoms with Crippen LogP contribution in [0.4, 0.5) is 13.2 Å². The molecular weight excluding hydrogens is 355 g/mol. The molecule has 0 bridgehead atoms. The number of amides is 1. The fraction of sp³-hybridized carbons (Fsp3) is 0.588. The Hall–Kier alpha value is -1.57. The maximum Gasteiger partial charge on any atom is 0.442 e. The number of carbonyl (C=O) groups excluding carboxylic acids is 1. The van der Waals surface area contributed by atoms with Gasteiger partial charge >= 0.3 is 5.51 Å². The van der Waals surface area contributed by atoms with Gasteiger partial charge in [0.15, 0.2) is 11.5 Å². The zero-order chi connectivity index (χ0) is 17.9. The van der Waals surface area contributed by atoms with Crippen molar-refractivity contribution in [3.63, 3.8) is 0 Å². The second-order valence-electron chi connectivity index (χ2n) is 6.42. The van der Waals surface area contributed by atoms with Gasteiger partial charge < -0.3 is 14.8 Å². The molecular formula is C17H20F3NO3S. The normalized spacial score (nSPS) is 18.8. The minimum Gasteiger partial charge on any atom is -0.454 e. The fourth-order valence-corrected chi connectivity index (χ4v) is 3.89. The molecule has 1 aromatic rings. The average molecular weight is 375 g/mol. The summed E-state index contributed by atoms with van der Waals surface area (Å²) in [4.78, 5) is 11.8. The number of fused-ring (bicyclic) bond motifs is 1. The molecule has 1 aromatic carbocycles. The van der Waals surface area contributed by atoms with E-state index in [-0.39, 0.29) is 24.0 Å². The Kier molecular flexibility index (Phi) is 5.36. The van der Waals surface area contributed by atoms with Crippen LogP contribution in [0.3, 0.4) is 0 Å². The van der Waals surface area contributed by atoms with Gasteiger partial charge in [-0.15, -0.1) is 0 Å². The van der Waals surface area contributed by atoms with Crippen LogP contribution in [-0.4, -0.2) is 30.5 Å². The molecule has 4 nitrogen and oxygen atoms in total. The monoisotopic (exact) mass is 375 g/mol. The molecule has 0 unspecified atom stereocenters. The number of rotatable bonds is 5. The van der Waals surface area contributed by atoms with Gasteiger partial charge in [-0.1, -0.05) is 25.3 Å². The summed E-state index contributed by atoms with van der Waals surface area (Å²) >= 11 is -0.309. The SMILES string of the molecule is O=C(CSC(F)(F)F)NCC1(c2ccc3c(c2)OCO3)CCCCC1. The Bertz CT molecular complexity index is 630. The summed E-state index contributed by atoms with van der Waals surface area (Å²) in [6.07, 6.45) is 4.96. The third-order valence-electron chi connectivity index (χ3n) is 4.79. The van der Waals surface area contributed by atoms with Crippen LogP contribution < -0.4 is 14.8 Å². The molecule has 2 aliphatic rings. The Morgan fingerprint density at radius 1 is 1.16 bits per heavy atom. The lowest BCUT2D eigenvalue weighted by Gasteiger charge is -2.38. The third-order valence-corrected chi connectivity index (χ3v) is 5.52. The number of carbonyl (C=O) groups is 1. The first-order chi connectivity index (χ1) is 11.9. The lowest BCUT2D eigenvalue weighted by atomic mass is 9.69. The van der Waals surface area contributed by atoms with Crippen molar-refractivity contribution in [3.8, 4) is 11.5 Å². The fourth-order valence-electron chi connectivity index (χ4n) is 3.49. The van der Waals surface area contributed by atoms with Crippen molar-refractivity contribution in [2.45, 2.75) is 43.0 Å². The summed E-state index contributed by atoms with van der Waals surface area (Å²) in [5.41, 5.74) is -3.62. The summed E-state index contributed by atoms with van der Waals surface area (Å²) in [5.74, 6) is 0.176. The van der Waals surface area contributed by atoms with Crippen LogP contribution in [0.1, 0.15) is 37.7 Å². The predicted molar refractivity (Wildman–Crippen MR) is 88.9 cm³/mol. The number of benzene rings is 1. The second-order valence-corrected chi connectivity index (χ2v) is 7.46. The first-order valence-corrected chi connectivity index (χ1v) is 9.24. The van der Waals surface area contributed by atoms with Gasteiger partial charge in [-0.2, -0.15) is 13.2 Å². The summed E-state index contributed by atoms with van der Waals surface area (Å²) in [6.45, 7) is 0.529. The first-order valence-electron chi connectivity index (χ1n) is 8.26. The highest BCUT2D eigenvalue weighted by Gasteiger charge is 2.36. The minimum atomic E-state index is -4.39. The highest BCUT2D eigenvalue weighted by molar-refractivity contribution is 8.00. The number of hydrogen-bond acceptors (Lipinski definition) is 4. The number of thioether (sulfide) groups is 1. The third kappa shape index (κ3) is 4.54. The number of alkyl halides is 3. The molecule has 0 aromatic heterocycles. The van der Waals surface area contributed by atoms with Crippen LogP contribution in [0.5, 0.6) is 11.5 Å². The van der Waals surface area contributed by atoms with Crippen molar-refractivity contribution in [2.75, 3.05) is 19.1 Å². The predicted octanol–water partition coefficient (Wildman–Crippen LogP) is 3.99. The first kappa shape index (κ1) is 18.2. The van der Waals surface area contributed by atoms with Gasteiger partial charge in [-0.05, 0) is 42.3 Å². The van der Waals surface area contributed by atoms with Crippen molar-refractivity contribution in [1.29, 1.82) is 0 Å². The summed E-state index contributed by atoms with van der Waals surface area (Å²) in [7, 11) is 0. The number of nitrogens with one attached hydrogen (secondary N) is 1. The minimum absolute atomic E-state index is 0.192. The Labute approximate surface area is 148 Å². The van der Waals surface area contributed by atoms with Crippen molar-refractivity contribution in [2.24, 2.45) is 0 Å². The van der Waals surface area contributed by atoms with E-state index in [1.807, 2.05) is 18.2 Å². The quantitative estimate of drug-likeness (QED) is 0.846. The molecule has 0 spiro atoms. The van der Waals surface area contributed by atoms with Gasteiger partial charge in [0.05, 0.1) is 5.75 Å². The standard InChI is InChI=1S/C17H20F3NO3S/c18-17(19,20)25-9-15(22)21-10-16(6-2-1-3-7-16)12-4-5-13-14(8-12)24-11-23-13/h4-5,8H,1-3,6-7,9-11H2,(H,21,22). The molecule has 0 radical (unpaired) electrons. The van der Waals surface area contributed by atoms with Gasteiger partial charge in [-0.25, -0.2) is 0 Å². The van der Waals surface area contributed by atoms with Crippen LogP contribution in [0.2, 0.25) is 0 Å². The van der Waals surface area contributed by atoms with E-state index < -0.39 is 17.2 Å². The molecule has 0 atom stereocenters. The lowest BCUT2D eigenvalue weighted by molar-refractivity contribution is -0.119. The summed E-state index contributed by atoms with van der Waals surface area (Å²) in [5, 5.41) is 2.70. The van der Waals surface area contributed by atoms with Crippen LogP contribution in [0.25, 0.3) is 0 Å². The van der Waals surface area contributed by atoms with Crippen LogP contribution in [-0.2, 0) is 10.2 Å². The van der Waals surface area contributed by atoms with Gasteiger partial charge in [0, 0.05) is 12.0 Å². The number of halogens is 3. The van der Waals surface area contributed by atoms with Crippen LogP contribution in [0.15, 0.2) is 18.2 Å². The summed E-state index contributed by atoms with van der Waals surface area (Å²) in [6, 6.07) is 5.76. The number of ether oxygens (including phenoxy) is 2. The second kappa shape index (κ2) is 7.35. The van der Waals surface area contributed by atoms with Crippen molar-refractivity contribution >= 4 is 17.7 Å².